The van der Waals surface area contributed by atoms with E-state index in [0.29, 0.717) is 0 Å². The highest BCUT2D eigenvalue weighted by molar-refractivity contribution is 5.74. The Hall–Kier alpha value is -2.23. The molecular weight excluding hydrogens is 275 g/mol. The van der Waals surface area contributed by atoms with Crippen LogP contribution in [0.4, 0.5) is 13.2 Å². The first-order chi connectivity index (χ1) is 9.35. The standard InChI is InChI=1S/C13H12F3NO3/c1-3-20-11(18)6-8-4-5-10(13(14,15)16)9(7-17)12(8)19-2/h4-5H,3,6H2,1-2H3. The zero-order chi connectivity index (χ0) is 15.3. The maximum atomic E-state index is 12.8. The van der Waals surface area contributed by atoms with Crippen LogP contribution in [0, 0.1) is 11.3 Å². The smallest absolute Gasteiger partial charge is 0.417 e. The molecule has 0 aliphatic carbocycles. The maximum absolute atomic E-state index is 12.8. The van der Waals surface area contributed by atoms with E-state index in [2.05, 4.69) is 0 Å². The molecule has 0 heterocycles. The first-order valence-electron chi connectivity index (χ1n) is 5.67. The van der Waals surface area contributed by atoms with E-state index >= 15 is 0 Å². The van der Waals surface area contributed by atoms with Crippen molar-refractivity contribution in [3.05, 3.63) is 28.8 Å². The number of benzene rings is 1. The molecule has 0 spiro atoms. The van der Waals surface area contributed by atoms with Crippen molar-refractivity contribution in [2.24, 2.45) is 0 Å². The molecule has 1 aromatic rings. The van der Waals surface area contributed by atoms with E-state index in [9.17, 15) is 18.0 Å². The molecule has 0 saturated heterocycles. The third-order valence-electron chi connectivity index (χ3n) is 2.50. The Morgan fingerprint density at radius 2 is 2.05 bits per heavy atom. The topological polar surface area (TPSA) is 59.3 Å². The van der Waals surface area contributed by atoms with Gasteiger partial charge in [0.1, 0.15) is 17.4 Å². The van der Waals surface area contributed by atoms with E-state index in [-0.39, 0.29) is 24.3 Å². The number of methoxy groups -OCH3 is 1. The quantitative estimate of drug-likeness (QED) is 0.799. The minimum atomic E-state index is -4.67. The molecule has 0 amide bonds. The molecule has 0 N–H and O–H groups in total. The van der Waals surface area contributed by atoms with Gasteiger partial charge < -0.3 is 9.47 Å². The highest BCUT2D eigenvalue weighted by Crippen LogP contribution is 2.37. The lowest BCUT2D eigenvalue weighted by Gasteiger charge is -2.15. The molecule has 0 radical (unpaired) electrons. The first kappa shape index (κ1) is 15.8. The summed E-state index contributed by atoms with van der Waals surface area (Å²) in [6.45, 7) is 1.77. The van der Waals surface area contributed by atoms with Gasteiger partial charge >= 0.3 is 12.1 Å². The van der Waals surface area contributed by atoms with Crippen LogP contribution in [0.1, 0.15) is 23.6 Å². The Morgan fingerprint density at radius 1 is 1.40 bits per heavy atom. The molecule has 0 aliphatic rings. The highest BCUT2D eigenvalue weighted by atomic mass is 19.4. The van der Waals surface area contributed by atoms with Crippen molar-refractivity contribution < 1.29 is 27.4 Å². The molecule has 108 valence electrons. The van der Waals surface area contributed by atoms with Gasteiger partial charge in [-0.3, -0.25) is 4.79 Å². The Balaban J connectivity index is 3.30. The number of ether oxygens (including phenoxy) is 2. The van der Waals surface area contributed by atoms with Crippen LogP contribution in [0.15, 0.2) is 12.1 Å². The summed E-state index contributed by atoms with van der Waals surface area (Å²) in [7, 11) is 1.14. The van der Waals surface area contributed by atoms with E-state index in [4.69, 9.17) is 14.7 Å². The lowest BCUT2D eigenvalue weighted by molar-refractivity contribution is -0.142. The van der Waals surface area contributed by atoms with E-state index in [1.54, 1.807) is 6.92 Å². The normalized spacial score (nSPS) is 10.8. The van der Waals surface area contributed by atoms with Crippen molar-refractivity contribution in [2.45, 2.75) is 19.5 Å². The Kier molecular flexibility index (Phi) is 4.97. The summed E-state index contributed by atoms with van der Waals surface area (Å²) >= 11 is 0. The average Bonchev–Trinajstić information content (AvgIpc) is 2.36. The van der Waals surface area contributed by atoms with Gasteiger partial charge in [-0.1, -0.05) is 6.07 Å². The van der Waals surface area contributed by atoms with Crippen LogP contribution in [-0.2, 0) is 22.1 Å². The fourth-order valence-corrected chi connectivity index (χ4v) is 1.71. The fourth-order valence-electron chi connectivity index (χ4n) is 1.71. The summed E-state index contributed by atoms with van der Waals surface area (Å²) in [5, 5.41) is 8.91. The van der Waals surface area contributed by atoms with Gasteiger partial charge in [-0.2, -0.15) is 18.4 Å². The van der Waals surface area contributed by atoms with Gasteiger partial charge in [-0.25, -0.2) is 0 Å². The molecule has 0 bridgehead atoms. The number of nitriles is 1. The van der Waals surface area contributed by atoms with E-state index in [0.717, 1.165) is 19.2 Å². The van der Waals surface area contributed by atoms with Crippen molar-refractivity contribution in [3.63, 3.8) is 0 Å². The molecule has 0 saturated carbocycles. The summed E-state index contributed by atoms with van der Waals surface area (Å²) in [6.07, 6.45) is -4.93. The summed E-state index contributed by atoms with van der Waals surface area (Å²) in [5.41, 5.74) is -1.55. The van der Waals surface area contributed by atoms with Crippen LogP contribution in [0.25, 0.3) is 0 Å². The molecule has 1 aromatic carbocycles. The summed E-state index contributed by atoms with van der Waals surface area (Å²) in [5.74, 6) is -0.857. The number of nitrogens with zero attached hydrogens (tertiary/aromatic N) is 1. The van der Waals surface area contributed by atoms with Crippen molar-refractivity contribution >= 4 is 5.97 Å². The summed E-state index contributed by atoms with van der Waals surface area (Å²) in [6, 6.07) is 3.34. The molecule has 0 aromatic heterocycles. The second-order valence-electron chi connectivity index (χ2n) is 3.77. The van der Waals surface area contributed by atoms with Gasteiger partial charge in [0, 0.05) is 5.56 Å². The zero-order valence-electron chi connectivity index (χ0n) is 10.9. The minimum Gasteiger partial charge on any atom is -0.495 e. The molecule has 0 aliphatic heterocycles. The Morgan fingerprint density at radius 3 is 2.50 bits per heavy atom. The van der Waals surface area contributed by atoms with Crippen molar-refractivity contribution in [2.75, 3.05) is 13.7 Å². The van der Waals surface area contributed by atoms with Gasteiger partial charge in [-0.15, -0.1) is 0 Å². The fraction of sp³-hybridized carbons (Fsp3) is 0.385. The van der Waals surface area contributed by atoms with Crippen LogP contribution < -0.4 is 4.74 Å². The van der Waals surface area contributed by atoms with Crippen LogP contribution in [0.2, 0.25) is 0 Å². The third kappa shape index (κ3) is 3.41. The number of carbonyl (C=O) groups excluding carboxylic acids is 1. The van der Waals surface area contributed by atoms with E-state index in [1.165, 1.54) is 6.07 Å². The molecule has 0 fully saturated rings. The first-order valence-corrected chi connectivity index (χ1v) is 5.67. The molecule has 1 rings (SSSR count). The van der Waals surface area contributed by atoms with Gasteiger partial charge in [0.2, 0.25) is 0 Å². The van der Waals surface area contributed by atoms with Crippen molar-refractivity contribution in [1.29, 1.82) is 5.26 Å². The Labute approximate surface area is 113 Å². The van der Waals surface area contributed by atoms with Gasteiger partial charge in [0.05, 0.1) is 25.7 Å². The molecule has 0 unspecified atom stereocenters. The minimum absolute atomic E-state index is 0.160. The number of halogens is 3. The Bertz CT molecular complexity index is 547. The largest absolute Gasteiger partial charge is 0.495 e. The number of rotatable bonds is 4. The molecule has 20 heavy (non-hydrogen) atoms. The van der Waals surface area contributed by atoms with E-state index in [1.807, 2.05) is 0 Å². The lowest BCUT2D eigenvalue weighted by atomic mass is 10.0. The van der Waals surface area contributed by atoms with Gasteiger partial charge in [0.25, 0.3) is 0 Å². The lowest BCUT2D eigenvalue weighted by Crippen LogP contribution is -2.13. The summed E-state index contributed by atoms with van der Waals surface area (Å²) < 4.78 is 47.9. The SMILES string of the molecule is CCOC(=O)Cc1ccc(C(F)(F)F)c(C#N)c1OC. The number of hydrogen-bond donors (Lipinski definition) is 0. The summed E-state index contributed by atoms with van der Waals surface area (Å²) in [4.78, 5) is 11.4. The number of alkyl halides is 3. The number of carbonyl (C=O) groups is 1. The maximum Gasteiger partial charge on any atom is 0.417 e. The van der Waals surface area contributed by atoms with E-state index < -0.39 is 23.3 Å². The predicted octanol–water partition coefficient (Wildman–Crippen LogP) is 2.69. The number of hydrogen-bond acceptors (Lipinski definition) is 4. The van der Waals surface area contributed by atoms with Crippen molar-refractivity contribution in [3.8, 4) is 11.8 Å². The molecule has 0 atom stereocenters. The van der Waals surface area contributed by atoms with Gasteiger partial charge in [-0.05, 0) is 13.0 Å². The predicted molar refractivity (Wildman–Crippen MR) is 63.0 cm³/mol. The van der Waals surface area contributed by atoms with Crippen molar-refractivity contribution in [1.82, 2.24) is 0 Å². The monoisotopic (exact) mass is 287 g/mol. The molecule has 4 nitrogen and oxygen atoms in total. The molecule has 7 heteroatoms. The average molecular weight is 287 g/mol. The van der Waals surface area contributed by atoms with Crippen LogP contribution in [-0.4, -0.2) is 19.7 Å². The second-order valence-corrected chi connectivity index (χ2v) is 3.77. The zero-order valence-corrected chi connectivity index (χ0v) is 10.9. The van der Waals surface area contributed by atoms with Crippen LogP contribution >= 0.6 is 0 Å². The third-order valence-corrected chi connectivity index (χ3v) is 2.50. The second kappa shape index (κ2) is 6.28. The number of esters is 1. The van der Waals surface area contributed by atoms with Crippen LogP contribution in [0.5, 0.6) is 5.75 Å². The highest BCUT2D eigenvalue weighted by Gasteiger charge is 2.35. The molecular formula is C13H12F3NO3. The van der Waals surface area contributed by atoms with Crippen LogP contribution in [0.3, 0.4) is 0 Å². The van der Waals surface area contributed by atoms with Gasteiger partial charge in [0.15, 0.2) is 0 Å².